The number of aromatic nitrogens is 3. The standard InChI is InChI=1S/C21H25N3O2/c1-11-8-19-18(13(3)12(11)2)10-16(24(19)6)9-17-14(4)20(21(25)26-7)23-22-15(17)5/h8,10H,9H2,1-7H3. The lowest BCUT2D eigenvalue weighted by molar-refractivity contribution is 0.0591. The summed E-state index contributed by atoms with van der Waals surface area (Å²) in [5, 5.41) is 9.47. The molecule has 136 valence electrons. The lowest BCUT2D eigenvalue weighted by Gasteiger charge is -2.12. The molecule has 0 saturated heterocycles. The molecule has 0 aliphatic carbocycles. The highest BCUT2D eigenvalue weighted by Crippen LogP contribution is 2.29. The number of carbonyl (C=O) groups excluding carboxylic acids is 1. The van der Waals surface area contributed by atoms with Gasteiger partial charge < -0.3 is 9.30 Å². The van der Waals surface area contributed by atoms with Gasteiger partial charge in [0.15, 0.2) is 5.69 Å². The van der Waals surface area contributed by atoms with Crippen molar-refractivity contribution in [2.24, 2.45) is 7.05 Å². The highest BCUT2D eigenvalue weighted by molar-refractivity contribution is 5.89. The predicted octanol–water partition coefficient (Wildman–Crippen LogP) is 3.89. The van der Waals surface area contributed by atoms with Crippen LogP contribution >= 0.6 is 0 Å². The Balaban J connectivity index is 2.14. The molecule has 0 radical (unpaired) electrons. The van der Waals surface area contributed by atoms with Crippen LogP contribution in [0.15, 0.2) is 12.1 Å². The molecule has 0 atom stereocenters. The zero-order valence-corrected chi connectivity index (χ0v) is 16.5. The van der Waals surface area contributed by atoms with Gasteiger partial charge in [-0.05, 0) is 74.6 Å². The van der Waals surface area contributed by atoms with E-state index in [0.29, 0.717) is 6.42 Å². The topological polar surface area (TPSA) is 57.0 Å². The van der Waals surface area contributed by atoms with Crippen molar-refractivity contribution in [2.45, 2.75) is 41.0 Å². The molecule has 0 spiro atoms. The zero-order valence-electron chi connectivity index (χ0n) is 16.5. The van der Waals surface area contributed by atoms with Crippen molar-refractivity contribution in [3.8, 4) is 0 Å². The van der Waals surface area contributed by atoms with Gasteiger partial charge in [0.25, 0.3) is 0 Å². The highest BCUT2D eigenvalue weighted by atomic mass is 16.5. The Kier molecular flexibility index (Phi) is 4.57. The first-order valence-electron chi connectivity index (χ1n) is 8.72. The molecular formula is C21H25N3O2. The van der Waals surface area contributed by atoms with Gasteiger partial charge in [0.05, 0.1) is 12.8 Å². The van der Waals surface area contributed by atoms with Gasteiger partial charge in [-0.2, -0.15) is 5.10 Å². The van der Waals surface area contributed by atoms with Crippen LogP contribution in [-0.2, 0) is 18.2 Å². The number of rotatable bonds is 3. The Morgan fingerprint density at radius 3 is 2.38 bits per heavy atom. The van der Waals surface area contributed by atoms with Crippen LogP contribution in [-0.4, -0.2) is 27.8 Å². The van der Waals surface area contributed by atoms with Crippen LogP contribution in [0.4, 0.5) is 0 Å². The maximum absolute atomic E-state index is 11.9. The van der Waals surface area contributed by atoms with Gasteiger partial charge in [0.1, 0.15) is 0 Å². The zero-order chi connectivity index (χ0) is 19.2. The maximum atomic E-state index is 11.9. The van der Waals surface area contributed by atoms with E-state index in [1.54, 1.807) is 0 Å². The summed E-state index contributed by atoms with van der Waals surface area (Å²) in [5.74, 6) is -0.449. The minimum Gasteiger partial charge on any atom is -0.464 e. The number of nitrogens with zero attached hydrogens (tertiary/aromatic N) is 3. The molecule has 1 aromatic carbocycles. The van der Waals surface area contributed by atoms with E-state index in [1.165, 1.54) is 40.4 Å². The third-order valence-corrected chi connectivity index (χ3v) is 5.57. The fourth-order valence-corrected chi connectivity index (χ4v) is 3.54. The van der Waals surface area contributed by atoms with E-state index in [2.05, 4.69) is 54.7 Å². The molecule has 0 unspecified atom stereocenters. The molecule has 2 aromatic heterocycles. The van der Waals surface area contributed by atoms with E-state index in [1.807, 2.05) is 13.8 Å². The van der Waals surface area contributed by atoms with Crippen LogP contribution in [0.2, 0.25) is 0 Å². The van der Waals surface area contributed by atoms with E-state index in [0.717, 1.165) is 16.8 Å². The SMILES string of the molecule is COC(=O)c1nnc(C)c(Cc2cc3c(C)c(C)c(C)cc3n2C)c1C. The van der Waals surface area contributed by atoms with Crippen molar-refractivity contribution in [2.75, 3.05) is 7.11 Å². The number of ether oxygens (including phenoxy) is 1. The predicted molar refractivity (Wildman–Crippen MR) is 103 cm³/mol. The minimum absolute atomic E-state index is 0.287. The summed E-state index contributed by atoms with van der Waals surface area (Å²) in [6, 6.07) is 4.49. The highest BCUT2D eigenvalue weighted by Gasteiger charge is 2.19. The second-order valence-corrected chi connectivity index (χ2v) is 6.98. The molecule has 0 aliphatic rings. The molecule has 0 N–H and O–H groups in total. The van der Waals surface area contributed by atoms with Crippen molar-refractivity contribution in [1.29, 1.82) is 0 Å². The molecule has 5 nitrogen and oxygen atoms in total. The summed E-state index contributed by atoms with van der Waals surface area (Å²) < 4.78 is 7.06. The average molecular weight is 351 g/mol. The molecule has 0 aliphatic heterocycles. The molecule has 0 saturated carbocycles. The first-order chi connectivity index (χ1) is 12.3. The van der Waals surface area contributed by atoms with Gasteiger partial charge in [-0.3, -0.25) is 0 Å². The third-order valence-electron chi connectivity index (χ3n) is 5.57. The summed E-state index contributed by atoms with van der Waals surface area (Å²) in [6.07, 6.45) is 0.694. The summed E-state index contributed by atoms with van der Waals surface area (Å²) in [4.78, 5) is 11.9. The van der Waals surface area contributed by atoms with Crippen LogP contribution in [0.1, 0.15) is 49.7 Å². The second kappa shape index (κ2) is 6.56. The number of benzene rings is 1. The quantitative estimate of drug-likeness (QED) is 0.672. The molecule has 5 heteroatoms. The number of fused-ring (bicyclic) bond motifs is 1. The van der Waals surface area contributed by atoms with E-state index >= 15 is 0 Å². The van der Waals surface area contributed by atoms with Crippen molar-refractivity contribution >= 4 is 16.9 Å². The third kappa shape index (κ3) is 2.77. The number of carbonyl (C=O) groups is 1. The van der Waals surface area contributed by atoms with Gasteiger partial charge in [0, 0.05) is 30.1 Å². The molecular weight excluding hydrogens is 326 g/mol. The molecule has 3 rings (SSSR count). The smallest absolute Gasteiger partial charge is 0.358 e. The lowest BCUT2D eigenvalue weighted by Crippen LogP contribution is -2.13. The van der Waals surface area contributed by atoms with Gasteiger partial charge in [-0.1, -0.05) is 0 Å². The van der Waals surface area contributed by atoms with E-state index in [4.69, 9.17) is 4.74 Å². The second-order valence-electron chi connectivity index (χ2n) is 6.98. The average Bonchev–Trinajstić information content (AvgIpc) is 2.92. The molecule has 26 heavy (non-hydrogen) atoms. The first-order valence-corrected chi connectivity index (χ1v) is 8.72. The normalized spacial score (nSPS) is 11.2. The Bertz CT molecular complexity index is 1030. The largest absolute Gasteiger partial charge is 0.464 e. The minimum atomic E-state index is -0.449. The Morgan fingerprint density at radius 1 is 1.04 bits per heavy atom. The number of aryl methyl sites for hydroxylation is 4. The molecule has 3 aromatic rings. The number of esters is 1. The van der Waals surface area contributed by atoms with E-state index in [-0.39, 0.29) is 5.69 Å². The summed E-state index contributed by atoms with van der Waals surface area (Å²) in [5.41, 5.74) is 9.34. The first kappa shape index (κ1) is 18.1. The Morgan fingerprint density at radius 2 is 1.73 bits per heavy atom. The van der Waals surface area contributed by atoms with Crippen molar-refractivity contribution in [3.05, 3.63) is 57.0 Å². The Hall–Kier alpha value is -2.69. The number of hydrogen-bond acceptors (Lipinski definition) is 4. The van der Waals surface area contributed by atoms with E-state index < -0.39 is 5.97 Å². The van der Waals surface area contributed by atoms with Crippen LogP contribution < -0.4 is 0 Å². The van der Waals surface area contributed by atoms with E-state index in [9.17, 15) is 4.79 Å². The van der Waals surface area contributed by atoms with Gasteiger partial charge in [-0.15, -0.1) is 5.10 Å². The monoisotopic (exact) mass is 351 g/mol. The fraction of sp³-hybridized carbons (Fsp3) is 0.381. The summed E-state index contributed by atoms with van der Waals surface area (Å²) in [6.45, 7) is 10.3. The van der Waals surface area contributed by atoms with Crippen molar-refractivity contribution in [1.82, 2.24) is 14.8 Å². The summed E-state index contributed by atoms with van der Waals surface area (Å²) >= 11 is 0. The lowest BCUT2D eigenvalue weighted by atomic mass is 9.99. The molecule has 0 amide bonds. The van der Waals surface area contributed by atoms with Crippen LogP contribution in [0.5, 0.6) is 0 Å². The van der Waals surface area contributed by atoms with Gasteiger partial charge >= 0.3 is 5.97 Å². The van der Waals surface area contributed by atoms with Crippen molar-refractivity contribution in [3.63, 3.8) is 0 Å². The van der Waals surface area contributed by atoms with Crippen LogP contribution in [0.3, 0.4) is 0 Å². The number of methoxy groups -OCH3 is 1. The van der Waals surface area contributed by atoms with Gasteiger partial charge in [-0.25, -0.2) is 4.79 Å². The molecule has 0 bridgehead atoms. The number of hydrogen-bond donors (Lipinski definition) is 0. The van der Waals surface area contributed by atoms with Crippen LogP contribution in [0, 0.1) is 34.6 Å². The Labute approximate surface area is 154 Å². The van der Waals surface area contributed by atoms with Crippen molar-refractivity contribution < 1.29 is 9.53 Å². The maximum Gasteiger partial charge on any atom is 0.358 e. The van der Waals surface area contributed by atoms with Gasteiger partial charge in [0.2, 0.25) is 0 Å². The summed E-state index contributed by atoms with van der Waals surface area (Å²) in [7, 11) is 3.45. The molecule has 2 heterocycles. The molecule has 0 fully saturated rings. The fourth-order valence-electron chi connectivity index (χ4n) is 3.54. The van der Waals surface area contributed by atoms with Crippen LogP contribution in [0.25, 0.3) is 10.9 Å².